The van der Waals surface area contributed by atoms with Gasteiger partial charge < -0.3 is 21.1 Å². The highest BCUT2D eigenvalue weighted by Crippen LogP contribution is 2.30. The van der Waals surface area contributed by atoms with E-state index in [1.807, 2.05) is 29.6 Å². The van der Waals surface area contributed by atoms with Gasteiger partial charge in [0.15, 0.2) is 0 Å². The van der Waals surface area contributed by atoms with Gasteiger partial charge in [0.2, 0.25) is 0 Å². The number of hydrogen-bond donors (Lipinski definition) is 3. The molecule has 4 N–H and O–H groups in total. The van der Waals surface area contributed by atoms with Gasteiger partial charge in [0.25, 0.3) is 5.91 Å². The molecular formula is C23H27N3O3SSi. The fraction of sp³-hybridized carbons (Fsp3) is 0.217. The number of nitrogen functional groups attached to an aromatic ring is 1. The zero-order valence-corrected chi connectivity index (χ0v) is 19.7. The summed E-state index contributed by atoms with van der Waals surface area (Å²) in [6.07, 6.45) is -0.366. The minimum Gasteiger partial charge on any atom is -0.465 e. The Balaban J connectivity index is 1.71. The van der Waals surface area contributed by atoms with Crippen molar-refractivity contribution in [2.45, 2.75) is 26.2 Å². The highest BCUT2D eigenvalue weighted by Gasteiger charge is 2.22. The third kappa shape index (κ3) is 6.19. The Kier molecular flexibility index (Phi) is 6.82. The number of nitrogens with two attached hydrogens (primary N) is 1. The van der Waals surface area contributed by atoms with E-state index in [-0.39, 0.29) is 5.91 Å². The van der Waals surface area contributed by atoms with E-state index in [9.17, 15) is 14.7 Å². The normalized spacial score (nSPS) is 11.2. The van der Waals surface area contributed by atoms with E-state index in [0.717, 1.165) is 16.0 Å². The van der Waals surface area contributed by atoms with Gasteiger partial charge in [-0.2, -0.15) is 0 Å². The van der Waals surface area contributed by atoms with Gasteiger partial charge in [-0.3, -0.25) is 4.79 Å². The number of thiophene rings is 1. The van der Waals surface area contributed by atoms with Crippen LogP contribution >= 0.6 is 11.3 Å². The van der Waals surface area contributed by atoms with Crippen LogP contribution in [0.15, 0.2) is 60.0 Å². The third-order valence-electron chi connectivity index (χ3n) is 4.63. The molecule has 0 saturated carbocycles. The smallest absolute Gasteiger partial charge is 0.407 e. The highest BCUT2D eigenvalue weighted by atomic mass is 32.1. The number of carbonyl (C=O) groups excluding carboxylic acids is 1. The predicted octanol–water partition coefficient (Wildman–Crippen LogP) is 5.61. The van der Waals surface area contributed by atoms with Crippen molar-refractivity contribution in [3.05, 3.63) is 71.1 Å². The van der Waals surface area contributed by atoms with Crippen LogP contribution in [0, 0.1) is 0 Å². The first kappa shape index (κ1) is 22.6. The first-order valence-corrected chi connectivity index (χ1v) is 14.5. The predicted molar refractivity (Wildman–Crippen MR) is 130 cm³/mol. The number of anilines is 2. The second-order valence-corrected chi connectivity index (χ2v) is 15.0. The molecule has 0 radical (unpaired) electrons. The minimum absolute atomic E-state index is 0.265. The van der Waals surface area contributed by atoms with E-state index in [1.165, 1.54) is 4.90 Å². The molecule has 2 aromatic carbocycles. The van der Waals surface area contributed by atoms with Crippen LogP contribution in [0.4, 0.5) is 16.2 Å². The van der Waals surface area contributed by atoms with Crippen molar-refractivity contribution in [3.8, 4) is 10.4 Å². The van der Waals surface area contributed by atoms with Crippen molar-refractivity contribution in [2.75, 3.05) is 17.2 Å². The fourth-order valence-electron chi connectivity index (χ4n) is 3.20. The summed E-state index contributed by atoms with van der Waals surface area (Å²) in [7, 11) is -1.57. The number of carboxylic acid groups (broad SMARTS) is 1. The number of hydrogen-bond acceptors (Lipinski definition) is 4. The summed E-state index contributed by atoms with van der Waals surface area (Å²) in [6.45, 7) is 6.71. The van der Waals surface area contributed by atoms with Crippen LogP contribution in [0.25, 0.3) is 10.4 Å². The topological polar surface area (TPSA) is 95.7 Å². The molecule has 31 heavy (non-hydrogen) atoms. The van der Waals surface area contributed by atoms with E-state index in [1.54, 1.807) is 41.7 Å². The zero-order chi connectivity index (χ0) is 22.6. The van der Waals surface area contributed by atoms with Crippen LogP contribution in [0.1, 0.15) is 15.9 Å². The quantitative estimate of drug-likeness (QED) is 0.320. The summed E-state index contributed by atoms with van der Waals surface area (Å²) in [5, 5.41) is 14.4. The summed E-state index contributed by atoms with van der Waals surface area (Å²) in [6, 6.07) is 16.6. The molecule has 0 unspecified atom stereocenters. The molecule has 0 aliphatic carbocycles. The summed E-state index contributed by atoms with van der Waals surface area (Å²) in [5.74, 6) is -0.265. The average Bonchev–Trinajstić information content (AvgIpc) is 3.23. The van der Waals surface area contributed by atoms with Gasteiger partial charge in [-0.15, -0.1) is 11.3 Å². The van der Waals surface area contributed by atoms with Crippen LogP contribution < -0.4 is 11.1 Å². The number of benzene rings is 2. The zero-order valence-electron chi connectivity index (χ0n) is 17.9. The molecule has 8 heteroatoms. The summed E-state index contributed by atoms with van der Waals surface area (Å²) < 4.78 is 0. The molecule has 3 aromatic rings. The molecule has 0 aliphatic rings. The molecule has 162 valence electrons. The first-order valence-electron chi connectivity index (χ1n) is 9.94. The van der Waals surface area contributed by atoms with E-state index < -0.39 is 14.2 Å². The fourth-order valence-corrected chi connectivity index (χ4v) is 5.32. The minimum atomic E-state index is -1.57. The lowest BCUT2D eigenvalue weighted by Crippen LogP contribution is -2.42. The molecule has 6 nitrogen and oxygen atoms in total. The highest BCUT2D eigenvalue weighted by molar-refractivity contribution is 7.13. The van der Waals surface area contributed by atoms with Crippen molar-refractivity contribution in [1.29, 1.82) is 0 Å². The van der Waals surface area contributed by atoms with Crippen LogP contribution in [0.2, 0.25) is 19.6 Å². The molecule has 0 bridgehead atoms. The number of amides is 2. The summed E-state index contributed by atoms with van der Waals surface area (Å²) >= 11 is 1.62. The molecule has 1 heterocycles. The van der Waals surface area contributed by atoms with Gasteiger partial charge in [0.05, 0.1) is 19.4 Å². The standard InChI is InChI=1S/C23H27N3O3SSi/c1-31(2,3)15-26(23(28)29)14-16-6-8-17(9-7-16)22(27)25-20-13-18(10-11-19(20)24)21-5-4-12-30-21/h4-13H,14-15,24H2,1-3H3,(H,25,27)(H,28,29). The maximum atomic E-state index is 12.7. The van der Waals surface area contributed by atoms with Crippen LogP contribution in [0.5, 0.6) is 0 Å². The SMILES string of the molecule is C[Si](C)(C)CN(Cc1ccc(C(=O)Nc2cc(-c3cccs3)ccc2N)cc1)C(=O)O. The van der Waals surface area contributed by atoms with E-state index in [0.29, 0.717) is 29.7 Å². The summed E-state index contributed by atoms with van der Waals surface area (Å²) in [5.41, 5.74) is 9.43. The third-order valence-corrected chi connectivity index (χ3v) is 6.88. The van der Waals surface area contributed by atoms with Crippen molar-refractivity contribution in [3.63, 3.8) is 0 Å². The molecule has 0 aliphatic heterocycles. The van der Waals surface area contributed by atoms with Crippen molar-refractivity contribution < 1.29 is 14.7 Å². The van der Waals surface area contributed by atoms with E-state index >= 15 is 0 Å². The van der Waals surface area contributed by atoms with Crippen LogP contribution in [-0.4, -0.2) is 36.2 Å². The van der Waals surface area contributed by atoms with Gasteiger partial charge >= 0.3 is 6.09 Å². The van der Waals surface area contributed by atoms with Gasteiger partial charge in [-0.1, -0.05) is 43.9 Å². The second-order valence-electron chi connectivity index (χ2n) is 8.63. The van der Waals surface area contributed by atoms with Gasteiger partial charge in [-0.25, -0.2) is 4.79 Å². The lowest BCUT2D eigenvalue weighted by Gasteiger charge is -2.26. The lowest BCUT2D eigenvalue weighted by atomic mass is 10.1. The van der Waals surface area contributed by atoms with Crippen molar-refractivity contribution in [1.82, 2.24) is 4.90 Å². The van der Waals surface area contributed by atoms with Gasteiger partial charge in [-0.05, 0) is 46.8 Å². The maximum absolute atomic E-state index is 12.7. The summed E-state index contributed by atoms with van der Waals surface area (Å²) in [4.78, 5) is 26.8. The van der Waals surface area contributed by atoms with E-state index in [4.69, 9.17) is 5.73 Å². The number of nitrogens with one attached hydrogen (secondary N) is 1. The van der Waals surface area contributed by atoms with Crippen LogP contribution in [0.3, 0.4) is 0 Å². The Labute approximate surface area is 187 Å². The molecule has 3 rings (SSSR count). The molecule has 0 atom stereocenters. The Morgan fingerprint density at radius 1 is 1.10 bits per heavy atom. The van der Waals surface area contributed by atoms with Crippen molar-refractivity contribution in [2.24, 2.45) is 0 Å². The maximum Gasteiger partial charge on any atom is 0.407 e. The van der Waals surface area contributed by atoms with Gasteiger partial charge in [0, 0.05) is 23.2 Å². The Bertz CT molecular complexity index is 1060. The Morgan fingerprint density at radius 2 is 1.81 bits per heavy atom. The molecule has 0 saturated heterocycles. The molecule has 1 aromatic heterocycles. The number of carbonyl (C=O) groups is 2. The van der Waals surface area contributed by atoms with E-state index in [2.05, 4.69) is 25.0 Å². The van der Waals surface area contributed by atoms with Crippen LogP contribution in [-0.2, 0) is 6.54 Å². The second kappa shape index (κ2) is 9.36. The average molecular weight is 454 g/mol. The first-order chi connectivity index (χ1) is 14.6. The monoisotopic (exact) mass is 453 g/mol. The Morgan fingerprint density at radius 3 is 2.39 bits per heavy atom. The molecule has 0 fully saturated rings. The van der Waals surface area contributed by atoms with Gasteiger partial charge in [0.1, 0.15) is 0 Å². The number of rotatable bonds is 7. The van der Waals surface area contributed by atoms with Crippen molar-refractivity contribution >= 4 is 42.8 Å². The Hall–Kier alpha value is -3.10. The molecular weight excluding hydrogens is 426 g/mol. The number of nitrogens with zero attached hydrogens (tertiary/aromatic N) is 1. The largest absolute Gasteiger partial charge is 0.465 e. The lowest BCUT2D eigenvalue weighted by molar-refractivity contribution is 0.102. The molecule has 2 amide bonds. The molecule has 0 spiro atoms.